The summed E-state index contributed by atoms with van der Waals surface area (Å²) in [5, 5.41) is 15.3. The Hall–Kier alpha value is -2.01. The predicted octanol–water partition coefficient (Wildman–Crippen LogP) is 5.70. The van der Waals surface area contributed by atoms with Gasteiger partial charge in [0.25, 0.3) is 5.91 Å². The molecule has 1 heterocycles. The van der Waals surface area contributed by atoms with Crippen LogP contribution in [0.3, 0.4) is 0 Å². The summed E-state index contributed by atoms with van der Waals surface area (Å²) in [6.07, 6.45) is 3.09. The van der Waals surface area contributed by atoms with Gasteiger partial charge in [0.1, 0.15) is 5.76 Å². The Kier molecular flexibility index (Phi) is 5.36. The first kappa shape index (κ1) is 20.3. The summed E-state index contributed by atoms with van der Waals surface area (Å²) >= 11 is 12.4. The molecule has 1 spiro atoms. The van der Waals surface area contributed by atoms with Crippen molar-refractivity contribution in [1.29, 1.82) is 0 Å². The van der Waals surface area contributed by atoms with Crippen molar-refractivity contribution in [2.45, 2.75) is 44.2 Å². The molecule has 2 aliphatic rings. The molecule has 2 aromatic rings. The summed E-state index contributed by atoms with van der Waals surface area (Å²) in [5.41, 5.74) is 2.98. The van der Waals surface area contributed by atoms with Crippen molar-refractivity contribution in [2.24, 2.45) is 0 Å². The maximum absolute atomic E-state index is 12.9. The second kappa shape index (κ2) is 7.67. The predicted molar refractivity (Wildman–Crippen MR) is 116 cm³/mol. The lowest BCUT2D eigenvalue weighted by Gasteiger charge is -2.36. The highest BCUT2D eigenvalue weighted by atomic mass is 35.5. The van der Waals surface area contributed by atoms with Crippen LogP contribution in [0.2, 0.25) is 10.0 Å². The van der Waals surface area contributed by atoms with E-state index in [9.17, 15) is 9.90 Å². The molecule has 2 N–H and O–H groups in total. The monoisotopic (exact) mass is 431 g/mol. The van der Waals surface area contributed by atoms with Crippen molar-refractivity contribution in [1.82, 2.24) is 5.32 Å². The lowest BCUT2D eigenvalue weighted by atomic mass is 9.79. The van der Waals surface area contributed by atoms with Gasteiger partial charge in [0.2, 0.25) is 0 Å². The van der Waals surface area contributed by atoms with Crippen molar-refractivity contribution in [3.63, 3.8) is 0 Å². The summed E-state index contributed by atoms with van der Waals surface area (Å²) < 4.78 is 5.44. The summed E-state index contributed by atoms with van der Waals surface area (Å²) in [6.45, 7) is 1.93. The SMILES string of the molecule is CO[C@H]1CC[C@]2(CC1)NC(=O)C(c1cc(-c3ccc(Cl)cc3Cl)ccc1C)=C2O. The van der Waals surface area contributed by atoms with Gasteiger partial charge in [0.15, 0.2) is 0 Å². The minimum absolute atomic E-state index is 0.138. The number of rotatable bonds is 3. The number of hydrogen-bond donors (Lipinski definition) is 2. The number of amides is 1. The Labute approximate surface area is 180 Å². The van der Waals surface area contributed by atoms with E-state index in [2.05, 4.69) is 5.32 Å². The van der Waals surface area contributed by atoms with Crippen LogP contribution in [0.1, 0.15) is 36.8 Å². The van der Waals surface area contributed by atoms with E-state index in [-0.39, 0.29) is 17.8 Å². The summed E-state index contributed by atoms with van der Waals surface area (Å²) in [6, 6.07) is 11.1. The Balaban J connectivity index is 1.77. The molecule has 1 saturated carbocycles. The fraction of sp³-hybridized carbons (Fsp3) is 0.348. The number of nitrogens with one attached hydrogen (secondary N) is 1. The van der Waals surface area contributed by atoms with Gasteiger partial charge in [-0.25, -0.2) is 0 Å². The first-order chi connectivity index (χ1) is 13.8. The fourth-order valence-electron chi connectivity index (χ4n) is 4.40. The van der Waals surface area contributed by atoms with Crippen LogP contribution in [-0.4, -0.2) is 29.8 Å². The van der Waals surface area contributed by atoms with Crippen LogP contribution in [0.25, 0.3) is 16.7 Å². The molecule has 0 aromatic heterocycles. The zero-order valence-corrected chi connectivity index (χ0v) is 17.9. The van der Waals surface area contributed by atoms with E-state index in [1.807, 2.05) is 31.2 Å². The van der Waals surface area contributed by atoms with Crippen LogP contribution >= 0.6 is 23.2 Å². The molecule has 1 fully saturated rings. The number of ether oxygens (including phenoxy) is 1. The van der Waals surface area contributed by atoms with E-state index in [0.29, 0.717) is 34.0 Å². The van der Waals surface area contributed by atoms with Gasteiger partial charge < -0.3 is 15.2 Å². The second-order valence-electron chi connectivity index (χ2n) is 7.85. The standard InChI is InChI=1S/C23H23Cl2NO3/c1-13-3-4-14(17-6-5-15(24)12-19(17)25)11-18(13)20-21(27)23(26-22(20)28)9-7-16(29-2)8-10-23/h3-6,11-12,16,27H,7-10H2,1-2H3,(H,26,28)/t16-,23+. The average Bonchev–Trinajstić information content (AvgIpc) is 2.93. The molecule has 0 atom stereocenters. The molecule has 0 saturated heterocycles. The molecule has 1 aliphatic heterocycles. The normalized spacial score (nSPS) is 24.3. The largest absolute Gasteiger partial charge is 0.509 e. The first-order valence-electron chi connectivity index (χ1n) is 9.70. The third kappa shape index (κ3) is 3.54. The zero-order valence-electron chi connectivity index (χ0n) is 16.4. The fourth-order valence-corrected chi connectivity index (χ4v) is 4.92. The number of methoxy groups -OCH3 is 1. The van der Waals surface area contributed by atoms with Crippen LogP contribution in [0, 0.1) is 6.92 Å². The highest BCUT2D eigenvalue weighted by Gasteiger charge is 2.48. The van der Waals surface area contributed by atoms with E-state index >= 15 is 0 Å². The molecule has 4 nitrogen and oxygen atoms in total. The van der Waals surface area contributed by atoms with Crippen molar-refractivity contribution in [2.75, 3.05) is 7.11 Å². The number of halogens is 2. The van der Waals surface area contributed by atoms with Crippen LogP contribution in [-0.2, 0) is 9.53 Å². The number of aryl methyl sites for hydroxylation is 1. The van der Waals surface area contributed by atoms with Gasteiger partial charge in [-0.15, -0.1) is 0 Å². The molecule has 6 heteroatoms. The van der Waals surface area contributed by atoms with E-state index in [1.54, 1.807) is 19.2 Å². The lowest BCUT2D eigenvalue weighted by Crippen LogP contribution is -2.48. The maximum Gasteiger partial charge on any atom is 0.256 e. The summed E-state index contributed by atoms with van der Waals surface area (Å²) in [5.74, 6) is -0.0969. The van der Waals surface area contributed by atoms with E-state index in [1.165, 1.54) is 0 Å². The molecule has 1 aliphatic carbocycles. The zero-order chi connectivity index (χ0) is 20.8. The third-order valence-corrected chi connectivity index (χ3v) is 6.69. The molecule has 0 unspecified atom stereocenters. The number of hydrogen-bond acceptors (Lipinski definition) is 3. The molecule has 4 rings (SSSR count). The summed E-state index contributed by atoms with van der Waals surface area (Å²) in [4.78, 5) is 12.9. The van der Waals surface area contributed by atoms with Crippen molar-refractivity contribution in [3.8, 4) is 11.1 Å². The van der Waals surface area contributed by atoms with Crippen LogP contribution in [0.15, 0.2) is 42.2 Å². The molecular formula is C23H23Cl2NO3. The molecule has 2 aromatic carbocycles. The summed E-state index contributed by atoms with van der Waals surface area (Å²) in [7, 11) is 1.70. The van der Waals surface area contributed by atoms with Gasteiger partial charge in [0.05, 0.1) is 17.2 Å². The Morgan fingerprint density at radius 1 is 1.10 bits per heavy atom. The Morgan fingerprint density at radius 3 is 2.48 bits per heavy atom. The van der Waals surface area contributed by atoms with E-state index in [4.69, 9.17) is 27.9 Å². The van der Waals surface area contributed by atoms with Crippen LogP contribution < -0.4 is 5.32 Å². The van der Waals surface area contributed by atoms with Gasteiger partial charge in [-0.1, -0.05) is 41.4 Å². The van der Waals surface area contributed by atoms with Crippen LogP contribution in [0.4, 0.5) is 0 Å². The molecular weight excluding hydrogens is 409 g/mol. The van der Waals surface area contributed by atoms with E-state index in [0.717, 1.165) is 29.5 Å². The average molecular weight is 432 g/mol. The van der Waals surface area contributed by atoms with Gasteiger partial charge in [-0.05, 0) is 67.5 Å². The maximum atomic E-state index is 12.9. The molecule has 29 heavy (non-hydrogen) atoms. The topological polar surface area (TPSA) is 58.6 Å². The molecule has 152 valence electrons. The number of aliphatic hydroxyl groups is 1. The number of carbonyl (C=O) groups excluding carboxylic acids is 1. The van der Waals surface area contributed by atoms with Crippen molar-refractivity contribution in [3.05, 3.63) is 63.3 Å². The number of aliphatic hydroxyl groups excluding tert-OH is 1. The third-order valence-electron chi connectivity index (χ3n) is 6.14. The minimum Gasteiger partial charge on any atom is -0.509 e. The van der Waals surface area contributed by atoms with Gasteiger partial charge in [-0.3, -0.25) is 4.79 Å². The molecule has 0 radical (unpaired) electrons. The lowest BCUT2D eigenvalue weighted by molar-refractivity contribution is -0.116. The smallest absolute Gasteiger partial charge is 0.256 e. The van der Waals surface area contributed by atoms with E-state index < -0.39 is 5.54 Å². The number of carbonyl (C=O) groups is 1. The Morgan fingerprint density at radius 2 is 1.83 bits per heavy atom. The Bertz CT molecular complexity index is 1010. The van der Waals surface area contributed by atoms with Crippen molar-refractivity contribution < 1.29 is 14.6 Å². The second-order valence-corrected chi connectivity index (χ2v) is 8.69. The van der Waals surface area contributed by atoms with Gasteiger partial charge in [0, 0.05) is 22.7 Å². The first-order valence-corrected chi connectivity index (χ1v) is 10.5. The van der Waals surface area contributed by atoms with Gasteiger partial charge in [-0.2, -0.15) is 0 Å². The van der Waals surface area contributed by atoms with Gasteiger partial charge >= 0.3 is 0 Å². The quantitative estimate of drug-likeness (QED) is 0.655. The molecule has 1 amide bonds. The van der Waals surface area contributed by atoms with Crippen molar-refractivity contribution >= 4 is 34.7 Å². The number of benzene rings is 2. The molecule has 0 bridgehead atoms. The van der Waals surface area contributed by atoms with Crippen LogP contribution in [0.5, 0.6) is 0 Å². The highest BCUT2D eigenvalue weighted by Crippen LogP contribution is 2.43. The minimum atomic E-state index is -0.693. The highest BCUT2D eigenvalue weighted by molar-refractivity contribution is 6.36.